The summed E-state index contributed by atoms with van der Waals surface area (Å²) in [5, 5.41) is 42.8. The normalized spacial score (nSPS) is 12.1. The Bertz CT molecular complexity index is 1660. The van der Waals surface area contributed by atoms with Crippen LogP contribution in [0.5, 0.6) is 5.75 Å². The third-order valence-corrected chi connectivity index (χ3v) is 6.38. The third-order valence-electron chi connectivity index (χ3n) is 4.95. The third kappa shape index (κ3) is 5.05. The lowest BCUT2D eigenvalue weighted by atomic mass is 10.1. The number of benzene rings is 1. The molecule has 0 spiro atoms. The van der Waals surface area contributed by atoms with Gasteiger partial charge in [0.1, 0.15) is 17.2 Å². The van der Waals surface area contributed by atoms with Crippen molar-refractivity contribution < 1.29 is 5.11 Å². The van der Waals surface area contributed by atoms with Gasteiger partial charge >= 0.3 is 0 Å². The second-order valence-electron chi connectivity index (χ2n) is 7.75. The first-order chi connectivity index (χ1) is 17.9. The molecule has 0 fully saturated rings. The van der Waals surface area contributed by atoms with Gasteiger partial charge in [0, 0.05) is 44.9 Å². The van der Waals surface area contributed by atoms with Crippen molar-refractivity contribution in [3.63, 3.8) is 0 Å². The van der Waals surface area contributed by atoms with E-state index in [9.17, 15) is 5.11 Å². The highest BCUT2D eigenvalue weighted by molar-refractivity contribution is 7.11. The zero-order chi connectivity index (χ0) is 25.9. The molecule has 16 heteroatoms. The first-order valence-corrected chi connectivity index (χ1v) is 12.3. The summed E-state index contributed by atoms with van der Waals surface area (Å²) in [6.45, 7) is 1.77. The maximum Gasteiger partial charge on any atom is 0.249 e. The number of nitrogens with zero attached hydrogens (tertiary/aromatic N) is 13. The molecule has 0 aliphatic carbocycles. The molecule has 4 aromatic heterocycles. The molecule has 5 aromatic rings. The lowest BCUT2D eigenvalue weighted by Crippen LogP contribution is -2.09. The second-order valence-corrected chi connectivity index (χ2v) is 9.24. The highest BCUT2D eigenvalue weighted by Gasteiger charge is 2.21. The lowest BCUT2D eigenvalue weighted by molar-refractivity contribution is 0.477. The standard InChI is InChI=1S/C21H19N13OS2/c1-11-24-21(37-31-11)30-25-13-10-14(26-29-20-12-6-5-8-22-19(12)32-36-20)18(35)16(17(13)33(2)3)28-27-15-7-9-23-34(15)4/h5-10,35H,1-4H3. The van der Waals surface area contributed by atoms with E-state index in [2.05, 4.69) is 54.5 Å². The number of hydrogen-bond donors (Lipinski definition) is 1. The van der Waals surface area contributed by atoms with Gasteiger partial charge in [0.2, 0.25) is 5.13 Å². The molecule has 0 amide bonds. The lowest BCUT2D eigenvalue weighted by Gasteiger charge is -2.18. The summed E-state index contributed by atoms with van der Waals surface area (Å²) < 4.78 is 9.96. The minimum atomic E-state index is -0.226. The first kappa shape index (κ1) is 24.1. The zero-order valence-electron chi connectivity index (χ0n) is 20.0. The van der Waals surface area contributed by atoms with Crippen molar-refractivity contribution in [2.24, 2.45) is 37.7 Å². The number of hydrogen-bond acceptors (Lipinski definition) is 15. The fourth-order valence-electron chi connectivity index (χ4n) is 3.24. The van der Waals surface area contributed by atoms with Crippen LogP contribution in [0.15, 0.2) is 67.3 Å². The average molecular weight is 534 g/mol. The van der Waals surface area contributed by atoms with Gasteiger partial charge in [-0.3, -0.25) is 0 Å². The number of anilines is 1. The van der Waals surface area contributed by atoms with Crippen molar-refractivity contribution >= 4 is 72.8 Å². The van der Waals surface area contributed by atoms with Gasteiger partial charge in [-0.2, -0.15) is 13.8 Å². The van der Waals surface area contributed by atoms with Gasteiger partial charge in [-0.1, -0.05) is 0 Å². The minimum absolute atomic E-state index is 0.123. The van der Waals surface area contributed by atoms with E-state index < -0.39 is 0 Å². The Balaban J connectivity index is 1.64. The first-order valence-electron chi connectivity index (χ1n) is 10.7. The summed E-state index contributed by atoms with van der Waals surface area (Å²) in [4.78, 5) is 10.2. The topological polar surface area (TPSA) is 167 Å². The number of phenolic OH excluding ortho intramolecular Hbond substituents is 1. The summed E-state index contributed by atoms with van der Waals surface area (Å²) in [7, 11) is 5.33. The molecule has 4 heterocycles. The molecule has 1 N–H and O–H groups in total. The van der Waals surface area contributed by atoms with Crippen LogP contribution in [0.2, 0.25) is 0 Å². The summed E-state index contributed by atoms with van der Waals surface area (Å²) >= 11 is 2.28. The highest BCUT2D eigenvalue weighted by atomic mass is 32.1. The van der Waals surface area contributed by atoms with E-state index in [1.54, 1.807) is 68.2 Å². The number of rotatable bonds is 7. The predicted molar refractivity (Wildman–Crippen MR) is 140 cm³/mol. The van der Waals surface area contributed by atoms with Crippen molar-refractivity contribution in [1.29, 1.82) is 0 Å². The largest absolute Gasteiger partial charge is 0.504 e. The summed E-state index contributed by atoms with van der Waals surface area (Å²) in [6, 6.07) is 6.91. The molecule has 0 bridgehead atoms. The molecule has 1 aromatic carbocycles. The number of pyridine rings is 1. The number of aromatic nitrogens is 6. The summed E-state index contributed by atoms with van der Waals surface area (Å²) in [5.41, 5.74) is 1.68. The molecule has 0 saturated carbocycles. The maximum atomic E-state index is 11.2. The van der Waals surface area contributed by atoms with Crippen LogP contribution in [0.1, 0.15) is 5.82 Å². The summed E-state index contributed by atoms with van der Waals surface area (Å²) in [6.07, 6.45) is 3.26. The van der Waals surface area contributed by atoms with Gasteiger partial charge in [-0.05, 0) is 36.7 Å². The number of aromatic hydroxyl groups is 1. The van der Waals surface area contributed by atoms with E-state index in [1.165, 1.54) is 0 Å². The fraction of sp³-hybridized carbons (Fsp3) is 0.190. The summed E-state index contributed by atoms with van der Waals surface area (Å²) in [5.74, 6) is 0.868. The molecule has 0 aliphatic rings. The molecule has 0 atom stereocenters. The zero-order valence-corrected chi connectivity index (χ0v) is 21.7. The molecular weight excluding hydrogens is 514 g/mol. The molecule has 0 radical (unpaired) electrons. The van der Waals surface area contributed by atoms with Gasteiger partial charge in [0.05, 0.1) is 17.3 Å². The molecule has 37 heavy (non-hydrogen) atoms. The van der Waals surface area contributed by atoms with Crippen LogP contribution in [0, 0.1) is 6.92 Å². The second kappa shape index (κ2) is 10.2. The van der Waals surface area contributed by atoms with Crippen LogP contribution in [-0.2, 0) is 7.05 Å². The quantitative estimate of drug-likeness (QED) is 0.230. The van der Waals surface area contributed by atoms with Crippen LogP contribution in [0.3, 0.4) is 0 Å². The molecule has 0 unspecified atom stereocenters. The number of aryl methyl sites for hydroxylation is 2. The van der Waals surface area contributed by atoms with Gasteiger partial charge < -0.3 is 10.0 Å². The van der Waals surface area contributed by atoms with Crippen molar-refractivity contribution in [2.45, 2.75) is 6.92 Å². The van der Waals surface area contributed by atoms with E-state index in [0.717, 1.165) is 28.5 Å². The Morgan fingerprint density at radius 1 is 0.946 bits per heavy atom. The average Bonchev–Trinajstić information content (AvgIpc) is 3.61. The van der Waals surface area contributed by atoms with Gasteiger partial charge in [-0.15, -0.1) is 30.7 Å². The predicted octanol–water partition coefficient (Wildman–Crippen LogP) is 6.60. The number of azo groups is 3. The monoisotopic (exact) mass is 533 g/mol. The van der Waals surface area contributed by atoms with Gasteiger partial charge in [0.25, 0.3) is 0 Å². The molecule has 186 valence electrons. The maximum absolute atomic E-state index is 11.2. The smallest absolute Gasteiger partial charge is 0.249 e. The van der Waals surface area contributed by atoms with E-state index >= 15 is 0 Å². The van der Waals surface area contributed by atoms with Gasteiger partial charge in [-0.25, -0.2) is 14.6 Å². The number of phenols is 1. The fourth-order valence-corrected chi connectivity index (χ4v) is 4.40. The van der Waals surface area contributed by atoms with E-state index in [0.29, 0.717) is 38.8 Å². The van der Waals surface area contributed by atoms with E-state index in [1.807, 2.05) is 6.07 Å². The highest BCUT2D eigenvalue weighted by Crippen LogP contribution is 2.50. The SMILES string of the molecule is Cc1nsc(N=Nc2cc(N=Nc3snc4ncccc34)c(O)c(N=Nc3ccnn3C)c2N(C)C)n1. The van der Waals surface area contributed by atoms with Gasteiger partial charge in [0.15, 0.2) is 27.9 Å². The molecule has 0 aliphatic heterocycles. The van der Waals surface area contributed by atoms with E-state index in [-0.39, 0.29) is 17.1 Å². The van der Waals surface area contributed by atoms with Crippen molar-refractivity contribution in [3.05, 3.63) is 42.5 Å². The molecule has 5 rings (SSSR count). The van der Waals surface area contributed by atoms with Crippen molar-refractivity contribution in [3.8, 4) is 5.75 Å². The van der Waals surface area contributed by atoms with Crippen molar-refractivity contribution in [2.75, 3.05) is 19.0 Å². The Labute approximate surface area is 218 Å². The molecule has 14 nitrogen and oxygen atoms in total. The Hall–Kier alpha value is -4.57. The van der Waals surface area contributed by atoms with Crippen LogP contribution < -0.4 is 4.90 Å². The van der Waals surface area contributed by atoms with Crippen molar-refractivity contribution in [1.82, 2.24) is 28.5 Å². The Morgan fingerprint density at radius 2 is 1.78 bits per heavy atom. The molecule has 0 saturated heterocycles. The van der Waals surface area contributed by atoms with Crippen LogP contribution >= 0.6 is 23.1 Å². The van der Waals surface area contributed by atoms with Crippen LogP contribution in [0.4, 0.5) is 38.7 Å². The Morgan fingerprint density at radius 3 is 2.51 bits per heavy atom. The van der Waals surface area contributed by atoms with Crippen LogP contribution in [-0.4, -0.2) is 47.7 Å². The number of fused-ring (bicyclic) bond motifs is 1. The van der Waals surface area contributed by atoms with E-state index in [4.69, 9.17) is 0 Å². The Kier molecular flexibility index (Phi) is 6.65. The van der Waals surface area contributed by atoms with Crippen LogP contribution in [0.25, 0.3) is 11.0 Å². The minimum Gasteiger partial charge on any atom is -0.504 e. The molecular formula is C21H19N13OS2.